The Morgan fingerprint density at radius 3 is 3.00 bits per heavy atom. The topological polar surface area (TPSA) is 71.9 Å². The monoisotopic (exact) mass is 296 g/mol. The van der Waals surface area contributed by atoms with E-state index in [1.54, 1.807) is 0 Å². The van der Waals surface area contributed by atoms with Gasteiger partial charge >= 0.3 is 0 Å². The molecule has 0 radical (unpaired) electrons. The first kappa shape index (κ1) is 13.8. The van der Waals surface area contributed by atoms with Crippen LogP contribution in [0.5, 0.6) is 0 Å². The van der Waals surface area contributed by atoms with Gasteiger partial charge in [0, 0.05) is 25.6 Å². The van der Waals surface area contributed by atoms with Gasteiger partial charge in [0.25, 0.3) is 0 Å². The van der Waals surface area contributed by atoms with Crippen LogP contribution in [0.3, 0.4) is 0 Å². The second-order valence-electron chi connectivity index (χ2n) is 5.66. The van der Waals surface area contributed by atoms with Crippen LogP contribution >= 0.6 is 12.2 Å². The van der Waals surface area contributed by atoms with Gasteiger partial charge < -0.3 is 14.6 Å². The molecule has 1 aliphatic carbocycles. The number of carbonyl (C=O) groups is 1. The van der Waals surface area contributed by atoms with E-state index in [2.05, 4.69) is 22.4 Å². The molecule has 2 fully saturated rings. The summed E-state index contributed by atoms with van der Waals surface area (Å²) in [7, 11) is 0. The minimum atomic E-state index is -0.296. The van der Waals surface area contributed by atoms with Gasteiger partial charge in [0.15, 0.2) is 4.77 Å². The maximum atomic E-state index is 12.0. The smallest absolute Gasteiger partial charge is 0.249 e. The van der Waals surface area contributed by atoms with E-state index in [4.69, 9.17) is 17.0 Å². The molecule has 20 heavy (non-hydrogen) atoms. The Morgan fingerprint density at radius 2 is 2.35 bits per heavy atom. The maximum absolute atomic E-state index is 12.0. The third-order valence-electron chi connectivity index (χ3n) is 4.01. The Hall–Kier alpha value is -1.21. The molecule has 110 valence electrons. The lowest BCUT2D eigenvalue weighted by Crippen LogP contribution is -2.38. The average molecular weight is 296 g/mol. The van der Waals surface area contributed by atoms with Crippen molar-refractivity contribution in [3.8, 4) is 0 Å². The quantitative estimate of drug-likeness (QED) is 0.805. The van der Waals surface area contributed by atoms with Crippen molar-refractivity contribution in [2.45, 2.75) is 44.8 Å². The summed E-state index contributed by atoms with van der Waals surface area (Å²) in [6.07, 6.45) is 3.02. The van der Waals surface area contributed by atoms with E-state index in [0.717, 1.165) is 12.2 Å². The highest BCUT2D eigenvalue weighted by Crippen LogP contribution is 2.38. The fourth-order valence-corrected chi connectivity index (χ4v) is 2.85. The average Bonchev–Trinajstić information content (AvgIpc) is 3.08. The summed E-state index contributed by atoms with van der Waals surface area (Å²) < 4.78 is 8.08. The zero-order valence-electron chi connectivity index (χ0n) is 11.6. The number of hydrogen-bond acceptors (Lipinski definition) is 4. The van der Waals surface area contributed by atoms with E-state index in [0.29, 0.717) is 36.3 Å². The number of aromatic amines is 1. The molecule has 3 rings (SSSR count). The van der Waals surface area contributed by atoms with E-state index in [-0.39, 0.29) is 12.0 Å². The number of carbonyl (C=O) groups excluding carboxylic acids is 1. The van der Waals surface area contributed by atoms with Crippen molar-refractivity contribution in [3.63, 3.8) is 0 Å². The molecule has 7 heteroatoms. The molecular weight excluding hydrogens is 276 g/mol. The minimum absolute atomic E-state index is 0.0158. The van der Waals surface area contributed by atoms with Gasteiger partial charge in [-0.1, -0.05) is 6.92 Å². The van der Waals surface area contributed by atoms with Crippen molar-refractivity contribution >= 4 is 18.1 Å². The first-order valence-electron chi connectivity index (χ1n) is 7.21. The molecule has 1 aromatic heterocycles. The highest BCUT2D eigenvalue weighted by atomic mass is 32.1. The molecule has 0 unspecified atom stereocenters. The van der Waals surface area contributed by atoms with Gasteiger partial charge in [0.05, 0.1) is 0 Å². The first-order valence-corrected chi connectivity index (χ1v) is 7.62. The van der Waals surface area contributed by atoms with Crippen LogP contribution in [-0.4, -0.2) is 39.9 Å². The Bertz CT molecular complexity index is 549. The van der Waals surface area contributed by atoms with Crippen LogP contribution in [0.15, 0.2) is 0 Å². The Morgan fingerprint density at radius 1 is 1.55 bits per heavy atom. The lowest BCUT2D eigenvalue weighted by atomic mass is 10.0. The van der Waals surface area contributed by atoms with Gasteiger partial charge in [-0.2, -0.15) is 5.10 Å². The summed E-state index contributed by atoms with van der Waals surface area (Å²) in [6.45, 7) is 3.94. The number of nitrogens with one attached hydrogen (secondary N) is 2. The predicted octanol–water partition coefficient (Wildman–Crippen LogP) is 1.36. The fraction of sp³-hybridized carbons (Fsp3) is 0.769. The van der Waals surface area contributed by atoms with Crippen LogP contribution in [0.25, 0.3) is 0 Å². The van der Waals surface area contributed by atoms with Gasteiger partial charge in [0.1, 0.15) is 11.9 Å². The van der Waals surface area contributed by atoms with Crippen molar-refractivity contribution < 1.29 is 9.53 Å². The zero-order chi connectivity index (χ0) is 14.1. The van der Waals surface area contributed by atoms with Crippen molar-refractivity contribution in [2.75, 3.05) is 13.2 Å². The standard InChI is InChI=1S/C13H20N4O2S/c1-8-4-7-19-10(8)12(18)14-5-6-17-11(9-2-3-9)15-16-13(17)20/h8-10H,2-7H2,1H3,(H,14,18)(H,16,20)/t8-,10+/m1/s1. The van der Waals surface area contributed by atoms with Crippen molar-refractivity contribution in [3.05, 3.63) is 10.6 Å². The van der Waals surface area contributed by atoms with Gasteiger partial charge in [-0.3, -0.25) is 9.89 Å². The molecule has 2 aliphatic rings. The van der Waals surface area contributed by atoms with Gasteiger partial charge in [0.2, 0.25) is 5.91 Å². The van der Waals surface area contributed by atoms with E-state index < -0.39 is 0 Å². The van der Waals surface area contributed by atoms with Gasteiger partial charge in [-0.05, 0) is 37.4 Å². The van der Waals surface area contributed by atoms with E-state index in [9.17, 15) is 4.79 Å². The highest BCUT2D eigenvalue weighted by Gasteiger charge is 2.31. The normalized spacial score (nSPS) is 25.9. The number of H-pyrrole nitrogens is 1. The minimum Gasteiger partial charge on any atom is -0.368 e. The molecule has 1 aliphatic heterocycles. The summed E-state index contributed by atoms with van der Waals surface area (Å²) in [4.78, 5) is 12.0. The molecule has 6 nitrogen and oxygen atoms in total. The third-order valence-corrected chi connectivity index (χ3v) is 4.32. The summed E-state index contributed by atoms with van der Waals surface area (Å²) in [5, 5.41) is 10.0. The molecule has 1 saturated carbocycles. The number of aromatic nitrogens is 3. The molecule has 0 aromatic carbocycles. The van der Waals surface area contributed by atoms with Crippen LogP contribution in [0, 0.1) is 10.7 Å². The zero-order valence-corrected chi connectivity index (χ0v) is 12.4. The third kappa shape index (κ3) is 2.78. The Kier molecular flexibility index (Phi) is 3.89. The number of nitrogens with zero attached hydrogens (tertiary/aromatic N) is 2. The molecule has 2 atom stereocenters. The molecule has 1 amide bonds. The highest BCUT2D eigenvalue weighted by molar-refractivity contribution is 7.71. The van der Waals surface area contributed by atoms with Crippen LogP contribution in [0.4, 0.5) is 0 Å². The molecular formula is C13H20N4O2S. The summed E-state index contributed by atoms with van der Waals surface area (Å²) >= 11 is 5.23. The van der Waals surface area contributed by atoms with Crippen LogP contribution < -0.4 is 5.32 Å². The first-order chi connectivity index (χ1) is 9.66. The number of ether oxygens (including phenoxy) is 1. The molecule has 2 N–H and O–H groups in total. The van der Waals surface area contributed by atoms with Crippen LogP contribution in [-0.2, 0) is 16.1 Å². The number of hydrogen-bond donors (Lipinski definition) is 2. The molecule has 0 spiro atoms. The second kappa shape index (κ2) is 5.65. The molecule has 0 bridgehead atoms. The van der Waals surface area contributed by atoms with Gasteiger partial charge in [-0.15, -0.1) is 0 Å². The van der Waals surface area contributed by atoms with E-state index >= 15 is 0 Å². The van der Waals surface area contributed by atoms with Crippen molar-refractivity contribution in [2.24, 2.45) is 5.92 Å². The SMILES string of the molecule is C[C@@H]1CCO[C@@H]1C(=O)NCCn1c(C2CC2)n[nH]c1=S. The Labute approximate surface area is 122 Å². The maximum Gasteiger partial charge on any atom is 0.249 e. The molecule has 1 aromatic rings. The summed E-state index contributed by atoms with van der Waals surface area (Å²) in [5.74, 6) is 1.85. The van der Waals surface area contributed by atoms with E-state index in [1.807, 2.05) is 4.57 Å². The summed E-state index contributed by atoms with van der Waals surface area (Å²) in [5.41, 5.74) is 0. The second-order valence-corrected chi connectivity index (χ2v) is 6.05. The van der Waals surface area contributed by atoms with Gasteiger partial charge in [-0.25, -0.2) is 0 Å². The molecule has 2 heterocycles. The number of amides is 1. The van der Waals surface area contributed by atoms with Crippen molar-refractivity contribution in [1.29, 1.82) is 0 Å². The fourth-order valence-electron chi connectivity index (χ4n) is 2.62. The Balaban J connectivity index is 1.54. The van der Waals surface area contributed by atoms with Crippen LogP contribution in [0.2, 0.25) is 0 Å². The largest absolute Gasteiger partial charge is 0.368 e. The van der Waals surface area contributed by atoms with E-state index in [1.165, 1.54) is 12.8 Å². The predicted molar refractivity (Wildman–Crippen MR) is 75.9 cm³/mol. The lowest BCUT2D eigenvalue weighted by Gasteiger charge is -2.14. The van der Waals surface area contributed by atoms with Crippen molar-refractivity contribution in [1.82, 2.24) is 20.1 Å². The molecule has 1 saturated heterocycles. The van der Waals surface area contributed by atoms with Crippen LogP contribution in [0.1, 0.15) is 37.9 Å². The summed E-state index contributed by atoms with van der Waals surface area (Å²) in [6, 6.07) is 0. The lowest BCUT2D eigenvalue weighted by molar-refractivity contribution is -0.131. The number of rotatable bonds is 5.